The Morgan fingerprint density at radius 2 is 1.80 bits per heavy atom. The Labute approximate surface area is 144 Å². The lowest BCUT2D eigenvalue weighted by Gasteiger charge is -2.12. The fourth-order valence-electron chi connectivity index (χ4n) is 2.68. The first kappa shape index (κ1) is 16.4. The molecule has 0 radical (unpaired) electrons. The quantitative estimate of drug-likeness (QED) is 0.572. The van der Waals surface area contributed by atoms with Crippen LogP contribution in [0.2, 0.25) is 0 Å². The number of aryl methyl sites for hydroxylation is 1. The predicted octanol–water partition coefficient (Wildman–Crippen LogP) is 4.25. The summed E-state index contributed by atoms with van der Waals surface area (Å²) in [6, 6.07) is 13.9. The van der Waals surface area contributed by atoms with E-state index in [2.05, 4.69) is 5.32 Å². The van der Waals surface area contributed by atoms with Gasteiger partial charge in [-0.25, -0.2) is 0 Å². The molecule has 3 rings (SSSR count). The van der Waals surface area contributed by atoms with Crippen LogP contribution in [0.5, 0.6) is 0 Å². The molecule has 25 heavy (non-hydrogen) atoms. The highest BCUT2D eigenvalue weighted by Gasteiger charge is 2.16. The van der Waals surface area contributed by atoms with E-state index in [0.717, 1.165) is 11.3 Å². The Morgan fingerprint density at radius 3 is 2.48 bits per heavy atom. The zero-order valence-electron chi connectivity index (χ0n) is 13.9. The molecule has 0 saturated heterocycles. The molecule has 0 bridgehead atoms. The molecule has 1 heterocycles. The van der Waals surface area contributed by atoms with Crippen LogP contribution in [-0.2, 0) is 0 Å². The number of aromatic nitrogens is 1. The monoisotopic (exact) mass is 335 g/mol. The summed E-state index contributed by atoms with van der Waals surface area (Å²) in [7, 11) is 0. The second kappa shape index (κ2) is 6.60. The fraction of sp³-hybridized carbons (Fsp3) is 0.105. The van der Waals surface area contributed by atoms with Gasteiger partial charge in [-0.2, -0.15) is 0 Å². The molecule has 1 amide bonds. The first-order valence-electron chi connectivity index (χ1n) is 7.76. The van der Waals surface area contributed by atoms with Gasteiger partial charge in [-0.3, -0.25) is 14.9 Å². The number of hydrogen-bond donors (Lipinski definition) is 1. The molecule has 2 aromatic carbocycles. The van der Waals surface area contributed by atoms with E-state index in [-0.39, 0.29) is 11.6 Å². The Morgan fingerprint density at radius 1 is 1.08 bits per heavy atom. The average molecular weight is 335 g/mol. The van der Waals surface area contributed by atoms with Gasteiger partial charge in [0.25, 0.3) is 11.6 Å². The third kappa shape index (κ3) is 3.28. The van der Waals surface area contributed by atoms with Crippen LogP contribution in [0, 0.1) is 24.0 Å². The van der Waals surface area contributed by atoms with Crippen molar-refractivity contribution in [3.63, 3.8) is 0 Å². The van der Waals surface area contributed by atoms with Gasteiger partial charge in [-0.15, -0.1) is 0 Å². The second-order valence-electron chi connectivity index (χ2n) is 5.75. The van der Waals surface area contributed by atoms with Crippen LogP contribution in [0.1, 0.15) is 21.5 Å². The van der Waals surface area contributed by atoms with E-state index in [1.165, 1.54) is 6.07 Å². The zero-order valence-corrected chi connectivity index (χ0v) is 13.9. The van der Waals surface area contributed by atoms with Crippen molar-refractivity contribution in [2.24, 2.45) is 0 Å². The Kier molecular flexibility index (Phi) is 4.35. The van der Waals surface area contributed by atoms with Crippen LogP contribution in [0.4, 0.5) is 11.4 Å². The number of rotatable bonds is 4. The number of carbonyl (C=O) groups is 1. The zero-order chi connectivity index (χ0) is 18.0. The minimum absolute atomic E-state index is 0.0188. The van der Waals surface area contributed by atoms with Gasteiger partial charge in [0.15, 0.2) is 0 Å². The number of benzene rings is 2. The van der Waals surface area contributed by atoms with E-state index in [1.807, 2.05) is 42.1 Å². The van der Waals surface area contributed by atoms with Crippen LogP contribution < -0.4 is 5.32 Å². The molecule has 6 nitrogen and oxygen atoms in total. The van der Waals surface area contributed by atoms with Gasteiger partial charge in [-0.05, 0) is 49.7 Å². The van der Waals surface area contributed by atoms with Crippen LogP contribution in [0.3, 0.4) is 0 Å². The normalized spacial score (nSPS) is 10.5. The number of nitro benzene ring substituents is 1. The largest absolute Gasteiger partial charge is 0.324 e. The molecule has 0 aliphatic carbocycles. The lowest BCUT2D eigenvalue weighted by Crippen LogP contribution is -2.14. The molecule has 3 aromatic rings. The van der Waals surface area contributed by atoms with Crippen molar-refractivity contribution in [2.45, 2.75) is 13.8 Å². The lowest BCUT2D eigenvalue weighted by atomic mass is 10.1. The Bertz CT molecular complexity index is 947. The highest BCUT2D eigenvalue weighted by molar-refractivity contribution is 6.05. The van der Waals surface area contributed by atoms with E-state index in [9.17, 15) is 14.9 Å². The topological polar surface area (TPSA) is 77.2 Å². The molecule has 0 aliphatic heterocycles. The van der Waals surface area contributed by atoms with Crippen molar-refractivity contribution in [2.75, 3.05) is 5.32 Å². The fourth-order valence-corrected chi connectivity index (χ4v) is 2.68. The van der Waals surface area contributed by atoms with Crippen LogP contribution in [0.25, 0.3) is 5.69 Å². The smallest absolute Gasteiger partial charge is 0.274 e. The summed E-state index contributed by atoms with van der Waals surface area (Å²) in [5.41, 5.74) is 3.28. The van der Waals surface area contributed by atoms with Crippen molar-refractivity contribution < 1.29 is 9.72 Å². The van der Waals surface area contributed by atoms with Gasteiger partial charge in [0, 0.05) is 29.7 Å². The third-order valence-electron chi connectivity index (χ3n) is 4.10. The van der Waals surface area contributed by atoms with Gasteiger partial charge >= 0.3 is 0 Å². The van der Waals surface area contributed by atoms with Crippen molar-refractivity contribution >= 4 is 17.3 Å². The van der Waals surface area contributed by atoms with Crippen LogP contribution in [0.15, 0.2) is 60.9 Å². The summed E-state index contributed by atoms with van der Waals surface area (Å²) in [6.07, 6.45) is 3.82. The molecule has 6 heteroatoms. The molecule has 0 fully saturated rings. The maximum absolute atomic E-state index is 12.6. The van der Waals surface area contributed by atoms with E-state index >= 15 is 0 Å². The maximum Gasteiger partial charge on any atom is 0.274 e. The van der Waals surface area contributed by atoms with Crippen LogP contribution >= 0.6 is 0 Å². The maximum atomic E-state index is 12.6. The van der Waals surface area contributed by atoms with E-state index < -0.39 is 4.92 Å². The van der Waals surface area contributed by atoms with Crippen LogP contribution in [-0.4, -0.2) is 15.4 Å². The summed E-state index contributed by atoms with van der Waals surface area (Å²) in [5.74, 6) is -0.308. The number of carbonyl (C=O) groups excluding carboxylic acids is 1. The van der Waals surface area contributed by atoms with Gasteiger partial charge in [0.1, 0.15) is 0 Å². The minimum Gasteiger partial charge on any atom is -0.324 e. The molecule has 1 aromatic heterocycles. The summed E-state index contributed by atoms with van der Waals surface area (Å²) in [4.78, 5) is 23.2. The number of nitrogens with one attached hydrogen (secondary N) is 1. The van der Waals surface area contributed by atoms with Crippen molar-refractivity contribution in [3.8, 4) is 5.69 Å². The number of hydrogen-bond acceptors (Lipinski definition) is 3. The van der Waals surface area contributed by atoms with Crippen molar-refractivity contribution in [1.82, 2.24) is 4.57 Å². The summed E-state index contributed by atoms with van der Waals surface area (Å²) in [5, 5.41) is 13.8. The first-order valence-corrected chi connectivity index (χ1v) is 7.76. The molecule has 0 atom stereocenters. The predicted molar refractivity (Wildman–Crippen MR) is 96.3 cm³/mol. The SMILES string of the molecule is Cc1ccc(C(=O)Nc2cccc([N+](=O)[O-])c2C)cc1-n1cccc1. The van der Waals surface area contributed by atoms with E-state index in [1.54, 1.807) is 31.2 Å². The molecule has 126 valence electrons. The minimum atomic E-state index is -0.457. The average Bonchev–Trinajstić information content (AvgIpc) is 3.11. The standard InChI is InChI=1S/C19H17N3O3/c1-13-8-9-15(12-18(13)21-10-3-4-11-21)19(23)20-16-6-5-7-17(14(16)2)22(24)25/h3-12H,1-2H3,(H,20,23). The lowest BCUT2D eigenvalue weighted by molar-refractivity contribution is -0.385. The molecular formula is C19H17N3O3. The molecular weight excluding hydrogens is 318 g/mol. The highest BCUT2D eigenvalue weighted by Crippen LogP contribution is 2.26. The van der Waals surface area contributed by atoms with Gasteiger partial charge in [0.05, 0.1) is 16.2 Å². The Hall–Kier alpha value is -3.41. The highest BCUT2D eigenvalue weighted by atomic mass is 16.6. The molecule has 0 saturated carbocycles. The number of nitrogens with zero attached hydrogens (tertiary/aromatic N) is 2. The number of amides is 1. The summed E-state index contributed by atoms with van der Waals surface area (Å²) in [6.45, 7) is 3.59. The van der Waals surface area contributed by atoms with Gasteiger partial charge in [0.2, 0.25) is 0 Å². The van der Waals surface area contributed by atoms with Gasteiger partial charge < -0.3 is 9.88 Å². The van der Waals surface area contributed by atoms with Crippen molar-refractivity contribution in [1.29, 1.82) is 0 Å². The van der Waals surface area contributed by atoms with E-state index in [0.29, 0.717) is 16.8 Å². The summed E-state index contributed by atoms with van der Waals surface area (Å²) < 4.78 is 1.94. The molecule has 1 N–H and O–H groups in total. The van der Waals surface area contributed by atoms with E-state index in [4.69, 9.17) is 0 Å². The second-order valence-corrected chi connectivity index (χ2v) is 5.75. The Balaban J connectivity index is 1.91. The first-order chi connectivity index (χ1) is 12.0. The molecule has 0 unspecified atom stereocenters. The molecule has 0 spiro atoms. The summed E-state index contributed by atoms with van der Waals surface area (Å²) >= 11 is 0. The van der Waals surface area contributed by atoms with Crippen molar-refractivity contribution in [3.05, 3.63) is 87.7 Å². The number of nitro groups is 1. The third-order valence-corrected chi connectivity index (χ3v) is 4.10. The number of anilines is 1. The van der Waals surface area contributed by atoms with Gasteiger partial charge in [-0.1, -0.05) is 12.1 Å². The molecule has 0 aliphatic rings.